The number of furan rings is 2. The van der Waals surface area contributed by atoms with E-state index in [0.29, 0.717) is 79.1 Å². The smallest absolute Gasteiger partial charge is 0.269 e. The van der Waals surface area contributed by atoms with Gasteiger partial charge in [-0.2, -0.15) is 19.9 Å². The molecule has 606 valence electrons. The molecular formula is C108H64N16O5. The summed E-state index contributed by atoms with van der Waals surface area (Å²) in [5.74, 6) is 3.54. The molecule has 0 aliphatic heterocycles. The van der Waals surface area contributed by atoms with Crippen LogP contribution in [0.15, 0.2) is 411 Å². The maximum Gasteiger partial charge on any atom is 0.269 e. The Bertz CT molecular complexity index is 9260. The quantitative estimate of drug-likeness (QED) is 0.131. The Hall–Kier alpha value is -18.2. The van der Waals surface area contributed by atoms with E-state index in [1.165, 1.54) is 30.9 Å². The highest BCUT2D eigenvalue weighted by Gasteiger charge is 2.26. The summed E-state index contributed by atoms with van der Waals surface area (Å²) in [7, 11) is 0. The van der Waals surface area contributed by atoms with Crippen molar-refractivity contribution < 1.29 is 8.83 Å². The largest absolute Gasteiger partial charge is 0.456 e. The molecule has 0 unspecified atom stereocenters. The molecule has 0 amide bonds. The maximum atomic E-state index is 14.4. The van der Waals surface area contributed by atoms with Gasteiger partial charge in [0.25, 0.3) is 16.7 Å². The minimum atomic E-state index is -0.285. The summed E-state index contributed by atoms with van der Waals surface area (Å²) in [4.78, 5) is 86.2. The number of benzene rings is 16. The van der Waals surface area contributed by atoms with Gasteiger partial charge < -0.3 is 13.4 Å². The molecule has 21 nitrogen and oxygen atoms in total. The Balaban J connectivity index is 0.000000106. The molecule has 0 saturated carbocycles. The fraction of sp³-hybridized carbons (Fsp3) is 0. The molecule has 0 aliphatic rings. The third-order valence-corrected chi connectivity index (χ3v) is 24.1. The van der Waals surface area contributed by atoms with Crippen molar-refractivity contribution in [3.63, 3.8) is 0 Å². The van der Waals surface area contributed by atoms with Crippen LogP contribution in [0.25, 0.3) is 229 Å². The first-order valence-corrected chi connectivity index (χ1v) is 42.1. The van der Waals surface area contributed by atoms with Gasteiger partial charge in [-0.25, -0.2) is 38.6 Å². The van der Waals surface area contributed by atoms with Gasteiger partial charge >= 0.3 is 0 Å². The van der Waals surface area contributed by atoms with Crippen molar-refractivity contribution >= 4 is 149 Å². The van der Waals surface area contributed by atoms with Gasteiger partial charge in [0.2, 0.25) is 29.2 Å². The van der Waals surface area contributed by atoms with Crippen molar-refractivity contribution in [1.29, 1.82) is 0 Å². The highest BCUT2D eigenvalue weighted by Crippen LogP contribution is 2.39. The van der Waals surface area contributed by atoms with Crippen molar-refractivity contribution in [3.05, 3.63) is 419 Å². The Labute approximate surface area is 728 Å². The van der Waals surface area contributed by atoms with Crippen LogP contribution >= 0.6 is 0 Å². The van der Waals surface area contributed by atoms with Crippen LogP contribution in [0.1, 0.15) is 0 Å². The van der Waals surface area contributed by atoms with Crippen molar-refractivity contribution in [2.24, 2.45) is 0 Å². The molecule has 21 heteroatoms. The molecule has 27 rings (SSSR count). The van der Waals surface area contributed by atoms with E-state index in [-0.39, 0.29) is 28.6 Å². The number of hydrogen-bond acceptors (Lipinski definition) is 14. The van der Waals surface area contributed by atoms with E-state index in [9.17, 15) is 14.4 Å². The average Bonchev–Trinajstić information content (AvgIpc) is 1.60. The first-order valence-electron chi connectivity index (χ1n) is 42.1. The van der Waals surface area contributed by atoms with Crippen LogP contribution in [-0.4, -0.2) is 76.3 Å². The SMILES string of the molecule is O=c1c2ccc(-c3ccc(-n4c5ccccc5c5ccccc54)cc3)cc2n2c3ccccc3nc2n1-c1ccccc1.O=c1c2ccccc2n2c3ccccc3nc2n1-c1nc(-c2ccc3c(c2)oc2ccccc23)nc(-c2ccc3c(c2)oc2ccccc23)n1.O=c1c2ccccc2n2c3ccccc3nc2n1-c1nc(-c2ccccc2)nc(-c2ccccc2)n1. The van der Waals surface area contributed by atoms with Gasteiger partial charge in [-0.1, -0.05) is 243 Å². The molecule has 0 aliphatic carbocycles. The van der Waals surface area contributed by atoms with E-state index in [2.05, 4.69) is 93.9 Å². The molecular weight excluding hydrogens is 1600 g/mol. The lowest BCUT2D eigenvalue weighted by Gasteiger charge is -2.13. The number of para-hydroxylation sites is 13. The number of rotatable bonds is 9. The topological polar surface area (TPSA) is 226 Å². The van der Waals surface area contributed by atoms with Crippen LogP contribution in [0.2, 0.25) is 0 Å². The predicted octanol–water partition coefficient (Wildman–Crippen LogP) is 23.0. The summed E-state index contributed by atoms with van der Waals surface area (Å²) < 4.78 is 25.5. The zero-order chi connectivity index (χ0) is 85.5. The van der Waals surface area contributed by atoms with Crippen LogP contribution in [-0.2, 0) is 0 Å². The Morgan fingerprint density at radius 2 is 0.496 bits per heavy atom. The number of aromatic nitrogens is 16. The number of fused-ring (bicyclic) bond motifs is 24. The number of hydrogen-bond donors (Lipinski definition) is 0. The summed E-state index contributed by atoms with van der Waals surface area (Å²) in [6, 6.07) is 127. The first-order chi connectivity index (χ1) is 63.7. The molecule has 0 bridgehead atoms. The summed E-state index contributed by atoms with van der Waals surface area (Å²) in [6.07, 6.45) is 0. The highest BCUT2D eigenvalue weighted by atomic mass is 16.3. The third kappa shape index (κ3) is 12.0. The summed E-state index contributed by atoms with van der Waals surface area (Å²) >= 11 is 0. The highest BCUT2D eigenvalue weighted by molar-refractivity contribution is 6.10. The van der Waals surface area contributed by atoms with Crippen LogP contribution < -0.4 is 16.7 Å². The van der Waals surface area contributed by atoms with Crippen molar-refractivity contribution in [2.45, 2.75) is 0 Å². The Morgan fingerprint density at radius 3 is 0.953 bits per heavy atom. The Morgan fingerprint density at radius 1 is 0.186 bits per heavy atom. The zero-order valence-corrected chi connectivity index (χ0v) is 68.1. The lowest BCUT2D eigenvalue weighted by molar-refractivity contribution is 0.668. The molecule has 129 heavy (non-hydrogen) atoms. The number of nitrogens with zero attached hydrogens (tertiary/aromatic N) is 16. The monoisotopic (exact) mass is 1660 g/mol. The van der Waals surface area contributed by atoms with Crippen molar-refractivity contribution in [3.8, 4) is 79.9 Å². The zero-order valence-electron chi connectivity index (χ0n) is 68.1. The van der Waals surface area contributed by atoms with Gasteiger partial charge in [-0.15, -0.1) is 0 Å². The van der Waals surface area contributed by atoms with Crippen LogP contribution in [0.3, 0.4) is 0 Å². The van der Waals surface area contributed by atoms with E-state index in [0.717, 1.165) is 116 Å². The standard InChI is InChI=1S/C41H22N6O3.C38H24N4O.C29H18N6O/c48-39-29-11-1-5-13-31(29)46-32-14-6-4-12-30(32)42-41(46)47(39)40-44-37(23-17-19-27-25-9-2-7-15-33(25)49-35(27)21-23)43-38(45-40)24-18-20-28-26-10-3-8-16-34(26)50-36(28)22-24;43-37-31-23-20-26(24-36(31)42-35-17-9-6-14-32(35)39-38(42)41(37)27-10-2-1-3-11-27)25-18-21-28(22-19-25)40-33-15-7-4-12-29(33)30-13-5-8-16-34(30)40;36-27-21-15-7-9-17-23(21)34-24-18-10-8-16-22(24)30-29(34)35(27)28-32-25(19-11-3-1-4-12-19)31-26(33-28)20-13-5-2-6-14-20/h1-22H;1-24H;1-18H. The second kappa shape index (κ2) is 29.5. The second-order valence-corrected chi connectivity index (χ2v) is 31.6. The van der Waals surface area contributed by atoms with Crippen LogP contribution in [0.4, 0.5) is 0 Å². The molecule has 0 fully saturated rings. The van der Waals surface area contributed by atoms with Crippen LogP contribution in [0.5, 0.6) is 0 Å². The van der Waals surface area contributed by atoms with Gasteiger partial charge in [-0.05, 0) is 157 Å². The fourth-order valence-electron chi connectivity index (χ4n) is 18.1. The summed E-state index contributed by atoms with van der Waals surface area (Å²) in [6.45, 7) is 0. The molecule has 16 aromatic carbocycles. The lowest BCUT2D eigenvalue weighted by atomic mass is 10.0. The third-order valence-electron chi connectivity index (χ3n) is 24.1. The van der Waals surface area contributed by atoms with Gasteiger partial charge in [0.1, 0.15) is 22.3 Å². The van der Waals surface area contributed by atoms with E-state index in [1.807, 2.05) is 312 Å². The molecule has 27 aromatic rings. The van der Waals surface area contributed by atoms with Crippen LogP contribution in [0, 0.1) is 0 Å². The Kier molecular flexibility index (Phi) is 16.8. The minimum Gasteiger partial charge on any atom is -0.456 e. The van der Waals surface area contributed by atoms with Gasteiger partial charge in [0.15, 0.2) is 23.3 Å². The number of imidazole rings is 3. The molecule has 0 N–H and O–H groups in total. The summed E-state index contributed by atoms with van der Waals surface area (Å²) in [5, 5.41) is 8.24. The molecule has 11 heterocycles. The molecule has 0 radical (unpaired) electrons. The first kappa shape index (κ1) is 73.5. The van der Waals surface area contributed by atoms with Crippen molar-refractivity contribution in [2.75, 3.05) is 0 Å². The molecule has 0 saturated heterocycles. The average molecular weight is 1670 g/mol. The minimum absolute atomic E-state index is 0.0859. The van der Waals surface area contributed by atoms with E-state index in [1.54, 1.807) is 4.57 Å². The van der Waals surface area contributed by atoms with E-state index < -0.39 is 0 Å². The van der Waals surface area contributed by atoms with Gasteiger partial charge in [0, 0.05) is 60.3 Å². The molecule has 0 spiro atoms. The second-order valence-electron chi connectivity index (χ2n) is 31.6. The van der Waals surface area contributed by atoms with Gasteiger partial charge in [0.05, 0.1) is 82.5 Å². The van der Waals surface area contributed by atoms with Gasteiger partial charge in [-0.3, -0.25) is 27.6 Å². The summed E-state index contributed by atoms with van der Waals surface area (Å²) in [5.41, 5.74) is 19.4. The molecule has 11 aromatic heterocycles. The van der Waals surface area contributed by atoms with E-state index >= 15 is 0 Å². The normalized spacial score (nSPS) is 11.8. The predicted molar refractivity (Wildman–Crippen MR) is 510 cm³/mol. The van der Waals surface area contributed by atoms with E-state index in [4.69, 9.17) is 53.7 Å². The molecule has 0 atom stereocenters. The lowest BCUT2D eigenvalue weighted by Crippen LogP contribution is -2.24. The van der Waals surface area contributed by atoms with Crippen molar-refractivity contribution in [1.82, 2.24) is 76.3 Å². The fourth-order valence-corrected chi connectivity index (χ4v) is 18.1. The maximum absolute atomic E-state index is 14.4.